The van der Waals surface area contributed by atoms with Crippen molar-refractivity contribution in [1.29, 1.82) is 0 Å². The third-order valence-corrected chi connectivity index (χ3v) is 2.58. The maximum atomic E-state index is 12.4. The highest BCUT2D eigenvalue weighted by Gasteiger charge is 2.33. The molecular formula is C11H11BrF3NO3. The van der Waals surface area contributed by atoms with E-state index in [0.717, 1.165) is 18.2 Å². The van der Waals surface area contributed by atoms with Crippen molar-refractivity contribution in [1.82, 2.24) is 4.90 Å². The van der Waals surface area contributed by atoms with Crippen LogP contribution in [0.15, 0.2) is 18.2 Å². The number of phenolic OH excluding ortho intramolecular Hbond substituents is 2. The van der Waals surface area contributed by atoms with Crippen LogP contribution in [0.3, 0.4) is 0 Å². The molecule has 0 radical (unpaired) electrons. The summed E-state index contributed by atoms with van der Waals surface area (Å²) in [5.74, 6) is -1.79. The van der Waals surface area contributed by atoms with Crippen LogP contribution in [-0.4, -0.2) is 45.6 Å². The number of hydrogen-bond acceptors (Lipinski definition) is 3. The number of phenols is 2. The first-order valence-corrected chi connectivity index (χ1v) is 6.30. The normalized spacial score (nSPS) is 11.4. The standard InChI is InChI=1S/C11H11BrF3NO3/c12-3-4-16(6-11(13,14)15)10(19)8-2-1-7(17)5-9(8)18/h1-2,5,17-18H,3-4,6H2. The van der Waals surface area contributed by atoms with Crippen molar-refractivity contribution >= 4 is 21.8 Å². The van der Waals surface area contributed by atoms with Crippen LogP contribution in [0.4, 0.5) is 13.2 Å². The highest BCUT2D eigenvalue weighted by atomic mass is 79.9. The maximum Gasteiger partial charge on any atom is 0.406 e. The second-order valence-electron chi connectivity index (χ2n) is 3.73. The molecule has 4 nitrogen and oxygen atoms in total. The van der Waals surface area contributed by atoms with Gasteiger partial charge in [0.25, 0.3) is 5.91 Å². The van der Waals surface area contributed by atoms with Crippen LogP contribution < -0.4 is 0 Å². The zero-order chi connectivity index (χ0) is 14.6. The molecule has 0 bridgehead atoms. The molecule has 0 spiro atoms. The Morgan fingerprint density at radius 1 is 1.32 bits per heavy atom. The zero-order valence-electron chi connectivity index (χ0n) is 9.62. The third-order valence-electron chi connectivity index (χ3n) is 2.22. The molecule has 0 aromatic heterocycles. The van der Waals surface area contributed by atoms with Crippen LogP contribution in [0, 0.1) is 0 Å². The average molecular weight is 342 g/mol. The Balaban J connectivity index is 2.99. The molecule has 1 aromatic carbocycles. The summed E-state index contributed by atoms with van der Waals surface area (Å²) >= 11 is 2.96. The molecule has 0 saturated carbocycles. The van der Waals surface area contributed by atoms with Gasteiger partial charge in [-0.3, -0.25) is 4.79 Å². The van der Waals surface area contributed by atoms with Crippen LogP contribution in [0.1, 0.15) is 10.4 Å². The van der Waals surface area contributed by atoms with E-state index in [1.807, 2.05) is 0 Å². The first-order valence-electron chi connectivity index (χ1n) is 5.18. The third kappa shape index (κ3) is 4.62. The molecule has 19 heavy (non-hydrogen) atoms. The van der Waals surface area contributed by atoms with E-state index in [1.165, 1.54) is 0 Å². The van der Waals surface area contributed by atoms with Crippen molar-refractivity contribution in [3.05, 3.63) is 23.8 Å². The van der Waals surface area contributed by atoms with Gasteiger partial charge in [-0.15, -0.1) is 0 Å². The Hall–Kier alpha value is -1.44. The van der Waals surface area contributed by atoms with Crippen LogP contribution >= 0.6 is 15.9 Å². The fraction of sp³-hybridized carbons (Fsp3) is 0.364. The lowest BCUT2D eigenvalue weighted by atomic mass is 10.1. The summed E-state index contributed by atoms with van der Waals surface area (Å²) < 4.78 is 37.1. The van der Waals surface area contributed by atoms with E-state index in [0.29, 0.717) is 4.90 Å². The van der Waals surface area contributed by atoms with Crippen molar-refractivity contribution in [2.75, 3.05) is 18.4 Å². The van der Waals surface area contributed by atoms with Gasteiger partial charge in [-0.2, -0.15) is 13.2 Å². The van der Waals surface area contributed by atoms with E-state index in [-0.39, 0.29) is 23.2 Å². The van der Waals surface area contributed by atoms with Gasteiger partial charge in [0, 0.05) is 17.9 Å². The summed E-state index contributed by atoms with van der Waals surface area (Å²) in [6.07, 6.45) is -4.52. The van der Waals surface area contributed by atoms with Gasteiger partial charge >= 0.3 is 6.18 Å². The largest absolute Gasteiger partial charge is 0.508 e. The second-order valence-corrected chi connectivity index (χ2v) is 4.53. The minimum Gasteiger partial charge on any atom is -0.508 e. The Bertz CT molecular complexity index is 465. The van der Waals surface area contributed by atoms with E-state index >= 15 is 0 Å². The van der Waals surface area contributed by atoms with Gasteiger partial charge in [0.1, 0.15) is 18.0 Å². The number of nitrogens with zero attached hydrogens (tertiary/aromatic N) is 1. The van der Waals surface area contributed by atoms with Crippen molar-refractivity contribution in [3.8, 4) is 11.5 Å². The minimum atomic E-state index is -4.52. The van der Waals surface area contributed by atoms with E-state index < -0.39 is 24.4 Å². The second kappa shape index (κ2) is 6.14. The zero-order valence-corrected chi connectivity index (χ0v) is 11.2. The summed E-state index contributed by atoms with van der Waals surface area (Å²) in [5, 5.41) is 18.7. The Morgan fingerprint density at radius 2 is 1.95 bits per heavy atom. The molecule has 106 valence electrons. The molecule has 0 fully saturated rings. The van der Waals surface area contributed by atoms with Gasteiger partial charge < -0.3 is 15.1 Å². The summed E-state index contributed by atoms with van der Waals surface area (Å²) in [6, 6.07) is 3.09. The molecule has 8 heteroatoms. The van der Waals surface area contributed by atoms with Crippen molar-refractivity contribution in [2.24, 2.45) is 0 Å². The van der Waals surface area contributed by atoms with Crippen LogP contribution in [0.5, 0.6) is 11.5 Å². The lowest BCUT2D eigenvalue weighted by molar-refractivity contribution is -0.140. The van der Waals surface area contributed by atoms with Gasteiger partial charge in [0.15, 0.2) is 0 Å². The number of aromatic hydroxyl groups is 2. The molecule has 0 aliphatic carbocycles. The molecule has 0 aliphatic rings. The maximum absolute atomic E-state index is 12.4. The number of hydrogen-bond donors (Lipinski definition) is 2. The number of alkyl halides is 4. The first kappa shape index (κ1) is 15.6. The average Bonchev–Trinajstić information content (AvgIpc) is 2.26. The number of benzene rings is 1. The summed E-state index contributed by atoms with van der Waals surface area (Å²) in [7, 11) is 0. The molecule has 0 saturated heterocycles. The predicted octanol–water partition coefficient (Wildman–Crippen LogP) is 2.50. The SMILES string of the molecule is O=C(c1ccc(O)cc1O)N(CCBr)CC(F)(F)F. The van der Waals surface area contributed by atoms with E-state index in [1.54, 1.807) is 0 Å². The summed E-state index contributed by atoms with van der Waals surface area (Å²) in [5.41, 5.74) is -0.289. The number of carbonyl (C=O) groups is 1. The van der Waals surface area contributed by atoms with Crippen molar-refractivity contribution < 1.29 is 28.2 Å². The van der Waals surface area contributed by atoms with E-state index in [9.17, 15) is 23.1 Å². The van der Waals surface area contributed by atoms with Crippen molar-refractivity contribution in [3.63, 3.8) is 0 Å². The molecule has 1 rings (SSSR count). The Kier molecular flexibility index (Phi) is 5.04. The van der Waals surface area contributed by atoms with Gasteiger partial charge in [-0.05, 0) is 12.1 Å². The quantitative estimate of drug-likeness (QED) is 0.827. The molecule has 1 amide bonds. The number of amides is 1. The molecule has 2 N–H and O–H groups in total. The number of halogens is 4. The summed E-state index contributed by atoms with van der Waals surface area (Å²) in [6.45, 7) is -1.56. The topological polar surface area (TPSA) is 60.8 Å². The summed E-state index contributed by atoms with van der Waals surface area (Å²) in [4.78, 5) is 12.5. The van der Waals surface area contributed by atoms with E-state index in [2.05, 4.69) is 15.9 Å². The lowest BCUT2D eigenvalue weighted by Gasteiger charge is -2.23. The Morgan fingerprint density at radius 3 is 2.42 bits per heavy atom. The van der Waals surface area contributed by atoms with Gasteiger partial charge in [-0.25, -0.2) is 0 Å². The Labute approximate surface area is 115 Å². The van der Waals surface area contributed by atoms with Gasteiger partial charge in [0.05, 0.1) is 5.56 Å². The highest BCUT2D eigenvalue weighted by molar-refractivity contribution is 9.09. The monoisotopic (exact) mass is 341 g/mol. The lowest BCUT2D eigenvalue weighted by Crippen LogP contribution is -2.40. The molecule has 0 unspecified atom stereocenters. The number of carbonyl (C=O) groups excluding carboxylic acids is 1. The smallest absolute Gasteiger partial charge is 0.406 e. The fourth-order valence-electron chi connectivity index (χ4n) is 1.44. The highest BCUT2D eigenvalue weighted by Crippen LogP contribution is 2.25. The molecular weight excluding hydrogens is 331 g/mol. The molecule has 1 aromatic rings. The molecule has 0 aliphatic heterocycles. The predicted molar refractivity (Wildman–Crippen MR) is 65.5 cm³/mol. The van der Waals surface area contributed by atoms with Crippen molar-refractivity contribution in [2.45, 2.75) is 6.18 Å². The van der Waals surface area contributed by atoms with Crippen LogP contribution in [0.2, 0.25) is 0 Å². The first-order chi connectivity index (χ1) is 8.74. The van der Waals surface area contributed by atoms with E-state index in [4.69, 9.17) is 5.11 Å². The van der Waals surface area contributed by atoms with Gasteiger partial charge in [0.2, 0.25) is 0 Å². The van der Waals surface area contributed by atoms with Gasteiger partial charge in [-0.1, -0.05) is 15.9 Å². The molecule has 0 atom stereocenters. The molecule has 0 heterocycles. The van der Waals surface area contributed by atoms with Crippen LogP contribution in [0.25, 0.3) is 0 Å². The minimum absolute atomic E-state index is 0.154. The van der Waals surface area contributed by atoms with Crippen LogP contribution in [-0.2, 0) is 0 Å². The fourth-order valence-corrected chi connectivity index (χ4v) is 1.87. The number of rotatable bonds is 4.